The minimum Gasteiger partial charge on any atom is -0.371 e. The zero-order valence-electron chi connectivity index (χ0n) is 9.82. The van der Waals surface area contributed by atoms with E-state index >= 15 is 0 Å². The normalized spacial score (nSPS) is 21.6. The summed E-state index contributed by atoms with van der Waals surface area (Å²) >= 11 is 0. The van der Waals surface area contributed by atoms with Gasteiger partial charge in [0.1, 0.15) is 5.82 Å². The van der Waals surface area contributed by atoms with Crippen LogP contribution in [-0.2, 0) is 0 Å². The van der Waals surface area contributed by atoms with Crippen LogP contribution in [-0.4, -0.2) is 18.1 Å². The summed E-state index contributed by atoms with van der Waals surface area (Å²) in [6, 6.07) is 4.06. The van der Waals surface area contributed by atoms with Crippen LogP contribution in [0.1, 0.15) is 26.2 Å². The number of hydrazine groups is 1. The van der Waals surface area contributed by atoms with Crippen LogP contribution in [0.3, 0.4) is 0 Å². The maximum atomic E-state index is 5.37. The van der Waals surface area contributed by atoms with E-state index in [1.165, 1.54) is 24.9 Å². The lowest BCUT2D eigenvalue weighted by molar-refractivity contribution is 0.521. The van der Waals surface area contributed by atoms with Gasteiger partial charge in [-0.3, -0.25) is 0 Å². The Hall–Kier alpha value is -1.29. The van der Waals surface area contributed by atoms with Gasteiger partial charge in [0, 0.05) is 31.0 Å². The minimum atomic E-state index is 0.731. The number of anilines is 2. The van der Waals surface area contributed by atoms with Gasteiger partial charge in [-0.1, -0.05) is 6.92 Å². The fraction of sp³-hybridized carbons (Fsp3) is 0.583. The summed E-state index contributed by atoms with van der Waals surface area (Å²) in [7, 11) is 0. The van der Waals surface area contributed by atoms with Crippen molar-refractivity contribution in [2.45, 2.75) is 26.2 Å². The number of nitrogen functional groups attached to an aromatic ring is 1. The second-order valence-electron chi connectivity index (χ2n) is 4.57. The summed E-state index contributed by atoms with van der Waals surface area (Å²) in [6.45, 7) is 4.61. The Morgan fingerprint density at radius 2 is 2.31 bits per heavy atom. The van der Waals surface area contributed by atoms with E-state index in [4.69, 9.17) is 5.84 Å². The Bertz CT molecular complexity index is 340. The number of nitrogens with zero attached hydrogens (tertiary/aromatic N) is 2. The molecule has 3 N–H and O–H groups in total. The summed E-state index contributed by atoms with van der Waals surface area (Å²) in [6.07, 6.45) is 5.69. The van der Waals surface area contributed by atoms with Crippen molar-refractivity contribution in [1.29, 1.82) is 0 Å². The number of nitrogens with one attached hydrogen (secondary N) is 1. The molecule has 0 saturated carbocycles. The molecule has 0 aliphatic carbocycles. The van der Waals surface area contributed by atoms with Crippen LogP contribution in [0.15, 0.2) is 18.3 Å². The largest absolute Gasteiger partial charge is 0.371 e. The SMILES string of the molecule is CC1CCCN(c2ccnc(NN)c2)CC1. The fourth-order valence-corrected chi connectivity index (χ4v) is 2.22. The second-order valence-corrected chi connectivity index (χ2v) is 4.57. The van der Waals surface area contributed by atoms with Gasteiger partial charge in [-0.15, -0.1) is 0 Å². The Morgan fingerprint density at radius 1 is 1.44 bits per heavy atom. The van der Waals surface area contributed by atoms with Crippen LogP contribution in [0.5, 0.6) is 0 Å². The highest BCUT2D eigenvalue weighted by atomic mass is 15.2. The molecule has 16 heavy (non-hydrogen) atoms. The fourth-order valence-electron chi connectivity index (χ4n) is 2.22. The first-order valence-electron chi connectivity index (χ1n) is 5.97. The highest BCUT2D eigenvalue weighted by Gasteiger charge is 2.14. The predicted molar refractivity (Wildman–Crippen MR) is 67.3 cm³/mol. The molecule has 1 aliphatic heterocycles. The smallest absolute Gasteiger partial charge is 0.141 e. The van der Waals surface area contributed by atoms with Crippen molar-refractivity contribution in [2.75, 3.05) is 23.4 Å². The van der Waals surface area contributed by atoms with Crippen molar-refractivity contribution in [2.24, 2.45) is 11.8 Å². The lowest BCUT2D eigenvalue weighted by Crippen LogP contribution is -2.24. The molecule has 1 atom stereocenters. The van der Waals surface area contributed by atoms with Crippen LogP contribution >= 0.6 is 0 Å². The van der Waals surface area contributed by atoms with Gasteiger partial charge >= 0.3 is 0 Å². The van der Waals surface area contributed by atoms with E-state index < -0.39 is 0 Å². The van der Waals surface area contributed by atoms with Crippen molar-refractivity contribution < 1.29 is 0 Å². The van der Waals surface area contributed by atoms with Gasteiger partial charge in [-0.05, 0) is 31.2 Å². The standard InChI is InChI=1S/C12H20N4/c1-10-3-2-7-16(8-5-10)11-4-6-14-12(9-11)15-13/h4,6,9-10H,2-3,5,7-8,13H2,1H3,(H,14,15). The maximum absolute atomic E-state index is 5.37. The number of aromatic nitrogens is 1. The van der Waals surface area contributed by atoms with Crippen molar-refractivity contribution in [3.63, 3.8) is 0 Å². The number of nitrogens with two attached hydrogens (primary N) is 1. The Labute approximate surface area is 96.8 Å². The molecule has 1 aromatic rings. The second kappa shape index (κ2) is 5.16. The molecule has 0 aromatic carbocycles. The van der Waals surface area contributed by atoms with Crippen LogP contribution in [0.2, 0.25) is 0 Å². The molecule has 88 valence electrons. The highest BCUT2D eigenvalue weighted by molar-refractivity contribution is 5.53. The lowest BCUT2D eigenvalue weighted by Gasteiger charge is -2.23. The van der Waals surface area contributed by atoms with Gasteiger partial charge in [0.25, 0.3) is 0 Å². The molecule has 2 rings (SSSR count). The Kier molecular flexibility index (Phi) is 3.62. The first kappa shape index (κ1) is 11.2. The minimum absolute atomic E-state index is 0.731. The molecular formula is C12H20N4. The van der Waals surface area contributed by atoms with Crippen LogP contribution in [0, 0.1) is 5.92 Å². The zero-order valence-corrected chi connectivity index (χ0v) is 9.82. The molecule has 4 heteroatoms. The van der Waals surface area contributed by atoms with E-state index in [0.29, 0.717) is 0 Å². The van der Waals surface area contributed by atoms with Crippen LogP contribution in [0.25, 0.3) is 0 Å². The van der Waals surface area contributed by atoms with Gasteiger partial charge in [0.2, 0.25) is 0 Å². The zero-order chi connectivity index (χ0) is 11.4. The first-order chi connectivity index (χ1) is 7.79. The summed E-state index contributed by atoms with van der Waals surface area (Å²) in [5.74, 6) is 6.95. The van der Waals surface area contributed by atoms with E-state index in [9.17, 15) is 0 Å². The molecule has 2 heterocycles. The van der Waals surface area contributed by atoms with E-state index in [0.717, 1.165) is 24.8 Å². The lowest BCUT2D eigenvalue weighted by atomic mass is 10.0. The summed E-state index contributed by atoms with van der Waals surface area (Å²) in [4.78, 5) is 6.55. The monoisotopic (exact) mass is 220 g/mol. The average Bonchev–Trinajstić information content (AvgIpc) is 2.54. The molecule has 0 radical (unpaired) electrons. The van der Waals surface area contributed by atoms with Crippen LogP contribution in [0.4, 0.5) is 11.5 Å². The Morgan fingerprint density at radius 3 is 3.12 bits per heavy atom. The van der Waals surface area contributed by atoms with Crippen molar-refractivity contribution in [3.8, 4) is 0 Å². The van der Waals surface area contributed by atoms with Gasteiger partial charge < -0.3 is 10.3 Å². The number of hydrogen-bond donors (Lipinski definition) is 2. The third-order valence-corrected chi connectivity index (χ3v) is 3.27. The quantitative estimate of drug-likeness (QED) is 0.591. The Balaban J connectivity index is 2.10. The third kappa shape index (κ3) is 2.64. The van der Waals surface area contributed by atoms with E-state index in [2.05, 4.69) is 28.3 Å². The van der Waals surface area contributed by atoms with Crippen LogP contribution < -0.4 is 16.2 Å². The molecule has 0 amide bonds. The molecule has 4 nitrogen and oxygen atoms in total. The first-order valence-corrected chi connectivity index (χ1v) is 5.97. The number of rotatable bonds is 2. The molecule has 1 fully saturated rings. The predicted octanol–water partition coefficient (Wildman–Crippen LogP) is 1.99. The van der Waals surface area contributed by atoms with Crippen molar-refractivity contribution >= 4 is 11.5 Å². The van der Waals surface area contributed by atoms with E-state index in [-0.39, 0.29) is 0 Å². The van der Waals surface area contributed by atoms with Crippen molar-refractivity contribution in [1.82, 2.24) is 4.98 Å². The summed E-state index contributed by atoms with van der Waals surface area (Å²) in [5.41, 5.74) is 3.81. The topological polar surface area (TPSA) is 54.2 Å². The molecule has 1 aliphatic rings. The van der Waals surface area contributed by atoms with Gasteiger partial charge in [0.05, 0.1) is 0 Å². The molecular weight excluding hydrogens is 200 g/mol. The molecule has 1 unspecified atom stereocenters. The van der Waals surface area contributed by atoms with E-state index in [1.54, 1.807) is 6.20 Å². The molecule has 0 bridgehead atoms. The highest BCUT2D eigenvalue weighted by Crippen LogP contribution is 2.23. The summed E-state index contributed by atoms with van der Waals surface area (Å²) in [5, 5.41) is 0. The molecule has 1 saturated heterocycles. The third-order valence-electron chi connectivity index (χ3n) is 3.27. The van der Waals surface area contributed by atoms with Gasteiger partial charge in [-0.25, -0.2) is 10.8 Å². The maximum Gasteiger partial charge on any atom is 0.141 e. The van der Waals surface area contributed by atoms with Crippen molar-refractivity contribution in [3.05, 3.63) is 18.3 Å². The van der Waals surface area contributed by atoms with Gasteiger partial charge in [-0.2, -0.15) is 0 Å². The average molecular weight is 220 g/mol. The van der Waals surface area contributed by atoms with Gasteiger partial charge in [0.15, 0.2) is 0 Å². The number of hydrogen-bond acceptors (Lipinski definition) is 4. The van der Waals surface area contributed by atoms with E-state index in [1.807, 2.05) is 6.07 Å². The summed E-state index contributed by atoms with van der Waals surface area (Å²) < 4.78 is 0. The molecule has 1 aromatic heterocycles. The molecule has 0 spiro atoms. The number of pyridine rings is 1.